The zero-order chi connectivity index (χ0) is 22.8. The highest BCUT2D eigenvalue weighted by Gasteiger charge is 2.28. The second-order valence-corrected chi connectivity index (χ2v) is 8.67. The van der Waals surface area contributed by atoms with Gasteiger partial charge in [-0.2, -0.15) is 0 Å². The summed E-state index contributed by atoms with van der Waals surface area (Å²) in [6, 6.07) is 19.4. The predicted molar refractivity (Wildman–Crippen MR) is 132 cm³/mol. The number of aliphatic hydroxyl groups is 1. The molecule has 0 amide bonds. The standard InChI is InChI=1S/C26H28N6O/c27-24(20-9-7-18(8-10-20)16-31-14-11-19(17-33)12-15-31)32-23-6-3-13-29-26(23)30-22-5-2-1-4-21(22)25(32)28/h1-10,13,19,27-28,33H,11-12,14-17H2,(H,29,30). The lowest BCUT2D eigenvalue weighted by molar-refractivity contribution is 0.127. The lowest BCUT2D eigenvalue weighted by Gasteiger charge is -2.31. The number of nitrogens with one attached hydrogen (secondary N) is 3. The van der Waals surface area contributed by atoms with Crippen molar-refractivity contribution in [3.8, 4) is 0 Å². The number of amidine groups is 2. The van der Waals surface area contributed by atoms with Gasteiger partial charge in [-0.05, 0) is 61.7 Å². The van der Waals surface area contributed by atoms with E-state index in [0.29, 0.717) is 17.4 Å². The maximum absolute atomic E-state index is 9.34. The lowest BCUT2D eigenvalue weighted by Crippen LogP contribution is -2.37. The van der Waals surface area contributed by atoms with Crippen molar-refractivity contribution in [2.45, 2.75) is 19.4 Å². The van der Waals surface area contributed by atoms with Crippen LogP contribution in [-0.2, 0) is 6.54 Å². The molecular weight excluding hydrogens is 412 g/mol. The Labute approximate surface area is 193 Å². The fourth-order valence-corrected chi connectivity index (χ4v) is 4.56. The van der Waals surface area contributed by atoms with Crippen LogP contribution in [0.1, 0.15) is 29.5 Å². The Morgan fingerprint density at radius 1 is 1.03 bits per heavy atom. The van der Waals surface area contributed by atoms with Gasteiger partial charge in [0.1, 0.15) is 11.7 Å². The van der Waals surface area contributed by atoms with E-state index in [2.05, 4.69) is 27.3 Å². The van der Waals surface area contributed by atoms with Crippen LogP contribution < -0.4 is 10.2 Å². The molecule has 0 radical (unpaired) electrons. The number of hydrogen-bond donors (Lipinski definition) is 4. The molecule has 33 heavy (non-hydrogen) atoms. The number of pyridine rings is 1. The van der Waals surface area contributed by atoms with E-state index in [4.69, 9.17) is 10.8 Å². The molecule has 3 heterocycles. The summed E-state index contributed by atoms with van der Waals surface area (Å²) in [5.41, 5.74) is 4.16. The molecule has 7 nitrogen and oxygen atoms in total. The van der Waals surface area contributed by atoms with Crippen LogP contribution in [0.15, 0.2) is 66.9 Å². The molecule has 5 rings (SSSR count). The van der Waals surface area contributed by atoms with Crippen LogP contribution in [0.25, 0.3) is 0 Å². The largest absolute Gasteiger partial charge is 0.396 e. The molecule has 2 aliphatic rings. The van der Waals surface area contributed by atoms with E-state index < -0.39 is 0 Å². The Morgan fingerprint density at radius 2 is 1.79 bits per heavy atom. The molecule has 1 aromatic heterocycles. The highest BCUT2D eigenvalue weighted by molar-refractivity contribution is 6.30. The van der Waals surface area contributed by atoms with E-state index in [1.165, 1.54) is 5.56 Å². The van der Waals surface area contributed by atoms with Crippen LogP contribution in [0.2, 0.25) is 0 Å². The van der Waals surface area contributed by atoms with Gasteiger partial charge in [-0.1, -0.05) is 36.4 Å². The molecule has 4 N–H and O–H groups in total. The second kappa shape index (κ2) is 9.13. The Bertz CT molecular complexity index is 1170. The molecule has 0 spiro atoms. The minimum absolute atomic E-state index is 0.239. The molecule has 7 heteroatoms. The second-order valence-electron chi connectivity index (χ2n) is 8.67. The fraction of sp³-hybridized carbons (Fsp3) is 0.269. The highest BCUT2D eigenvalue weighted by atomic mass is 16.3. The number of nitrogens with zero attached hydrogens (tertiary/aromatic N) is 3. The van der Waals surface area contributed by atoms with E-state index in [0.717, 1.165) is 49.3 Å². The molecule has 168 valence electrons. The molecule has 2 aliphatic heterocycles. The zero-order valence-electron chi connectivity index (χ0n) is 18.5. The number of piperidine rings is 1. The van der Waals surface area contributed by atoms with Gasteiger partial charge < -0.3 is 10.4 Å². The number of anilines is 3. The Hall–Kier alpha value is -3.55. The van der Waals surface area contributed by atoms with E-state index in [1.54, 1.807) is 11.1 Å². The van der Waals surface area contributed by atoms with Gasteiger partial charge in [0.2, 0.25) is 0 Å². The number of likely N-dealkylation sites (tertiary alicyclic amines) is 1. The van der Waals surface area contributed by atoms with Crippen LogP contribution >= 0.6 is 0 Å². The number of rotatable bonds is 4. The van der Waals surface area contributed by atoms with Crippen LogP contribution in [0.5, 0.6) is 0 Å². The smallest absolute Gasteiger partial charge is 0.154 e. The first-order valence-electron chi connectivity index (χ1n) is 11.3. The molecule has 0 unspecified atom stereocenters. The Balaban J connectivity index is 1.39. The predicted octanol–water partition coefficient (Wildman–Crippen LogP) is 4.20. The number of fused-ring (bicyclic) bond motifs is 2. The average molecular weight is 441 g/mol. The van der Waals surface area contributed by atoms with Crippen molar-refractivity contribution in [3.05, 3.63) is 83.6 Å². The summed E-state index contributed by atoms with van der Waals surface area (Å²) in [7, 11) is 0. The van der Waals surface area contributed by atoms with Crippen molar-refractivity contribution >= 4 is 28.9 Å². The Morgan fingerprint density at radius 3 is 2.55 bits per heavy atom. The fourth-order valence-electron chi connectivity index (χ4n) is 4.56. The third-order valence-electron chi connectivity index (χ3n) is 6.51. The topological polar surface area (TPSA) is 99.3 Å². The van der Waals surface area contributed by atoms with Gasteiger partial charge >= 0.3 is 0 Å². The zero-order valence-corrected chi connectivity index (χ0v) is 18.5. The molecule has 2 aromatic carbocycles. The molecular formula is C26H28N6O. The SMILES string of the molecule is N=C(c1ccc(CN2CCC(CO)CC2)cc1)N1C(=N)c2ccccc2Nc2ncccc21. The molecule has 1 saturated heterocycles. The van der Waals surface area contributed by atoms with Crippen LogP contribution in [0, 0.1) is 16.7 Å². The third-order valence-corrected chi connectivity index (χ3v) is 6.51. The maximum Gasteiger partial charge on any atom is 0.154 e. The molecule has 0 bridgehead atoms. The number of hydrogen-bond acceptors (Lipinski definition) is 6. The number of aromatic nitrogens is 1. The van der Waals surface area contributed by atoms with Crippen molar-refractivity contribution in [3.63, 3.8) is 0 Å². The lowest BCUT2D eigenvalue weighted by atomic mass is 9.97. The van der Waals surface area contributed by atoms with Crippen LogP contribution in [-0.4, -0.2) is 46.4 Å². The van der Waals surface area contributed by atoms with Gasteiger partial charge in [0.25, 0.3) is 0 Å². The first kappa shape index (κ1) is 21.3. The minimum atomic E-state index is 0.239. The summed E-state index contributed by atoms with van der Waals surface area (Å²) in [6.07, 6.45) is 3.79. The summed E-state index contributed by atoms with van der Waals surface area (Å²) in [6.45, 7) is 3.16. The van der Waals surface area contributed by atoms with Gasteiger partial charge in [0, 0.05) is 30.5 Å². The number of benzene rings is 2. The highest BCUT2D eigenvalue weighted by Crippen LogP contribution is 2.34. The molecule has 3 aromatic rings. The van der Waals surface area contributed by atoms with Crippen molar-refractivity contribution < 1.29 is 5.11 Å². The first-order chi connectivity index (χ1) is 16.1. The van der Waals surface area contributed by atoms with Gasteiger partial charge in [-0.25, -0.2) is 4.98 Å². The third kappa shape index (κ3) is 4.25. The minimum Gasteiger partial charge on any atom is -0.396 e. The number of aliphatic hydroxyl groups excluding tert-OH is 1. The normalized spacial score (nSPS) is 16.5. The quantitative estimate of drug-likeness (QED) is 0.360. The van der Waals surface area contributed by atoms with Gasteiger partial charge in [0.15, 0.2) is 5.82 Å². The summed E-state index contributed by atoms with van der Waals surface area (Å²) in [5, 5.41) is 30.6. The summed E-state index contributed by atoms with van der Waals surface area (Å²) >= 11 is 0. The molecule has 0 saturated carbocycles. The average Bonchev–Trinajstić information content (AvgIpc) is 2.98. The number of para-hydroxylation sites is 1. The van der Waals surface area contributed by atoms with Gasteiger partial charge in [-0.3, -0.25) is 20.6 Å². The van der Waals surface area contributed by atoms with Crippen molar-refractivity contribution in [2.24, 2.45) is 5.92 Å². The molecule has 0 aliphatic carbocycles. The summed E-state index contributed by atoms with van der Waals surface area (Å²) in [4.78, 5) is 8.53. The summed E-state index contributed by atoms with van der Waals surface area (Å²) in [5.74, 6) is 1.54. The van der Waals surface area contributed by atoms with E-state index in [-0.39, 0.29) is 18.3 Å². The van der Waals surface area contributed by atoms with Gasteiger partial charge in [-0.15, -0.1) is 0 Å². The van der Waals surface area contributed by atoms with Crippen molar-refractivity contribution in [1.82, 2.24) is 9.88 Å². The summed E-state index contributed by atoms with van der Waals surface area (Å²) < 4.78 is 0. The van der Waals surface area contributed by atoms with Crippen molar-refractivity contribution in [2.75, 3.05) is 29.9 Å². The van der Waals surface area contributed by atoms with Crippen LogP contribution in [0.3, 0.4) is 0 Å². The Kier molecular flexibility index (Phi) is 5.90. The molecule has 1 fully saturated rings. The van der Waals surface area contributed by atoms with Gasteiger partial charge in [0.05, 0.1) is 11.4 Å². The van der Waals surface area contributed by atoms with E-state index >= 15 is 0 Å². The monoisotopic (exact) mass is 440 g/mol. The van der Waals surface area contributed by atoms with Crippen LogP contribution in [0.4, 0.5) is 17.2 Å². The van der Waals surface area contributed by atoms with E-state index in [9.17, 15) is 5.11 Å². The first-order valence-corrected chi connectivity index (χ1v) is 11.3. The molecule has 0 atom stereocenters. The maximum atomic E-state index is 9.34. The van der Waals surface area contributed by atoms with Crippen molar-refractivity contribution in [1.29, 1.82) is 10.8 Å². The van der Waals surface area contributed by atoms with E-state index in [1.807, 2.05) is 48.5 Å².